The van der Waals surface area contributed by atoms with Gasteiger partial charge < -0.3 is 15.5 Å². The smallest absolute Gasteiger partial charge is 0.322 e. The first-order valence-corrected chi connectivity index (χ1v) is 7.23. The molecule has 0 atom stereocenters. The maximum absolute atomic E-state index is 11.8. The molecule has 0 saturated heterocycles. The number of carboxylic acids is 1. The second kappa shape index (κ2) is 6.37. The van der Waals surface area contributed by atoms with Crippen LogP contribution in [0, 0.1) is 0 Å². The molecule has 3 rings (SSSR count). The van der Waals surface area contributed by atoms with Gasteiger partial charge >= 0.3 is 5.97 Å². The van der Waals surface area contributed by atoms with E-state index in [2.05, 4.69) is 10.3 Å². The average Bonchev–Trinajstić information content (AvgIpc) is 2.59. The summed E-state index contributed by atoms with van der Waals surface area (Å²) in [4.78, 5) is 26.2. The summed E-state index contributed by atoms with van der Waals surface area (Å²) in [5, 5.41) is 22.9. The van der Waals surface area contributed by atoms with Gasteiger partial charge in [-0.15, -0.1) is 0 Å². The third-order valence-corrected chi connectivity index (χ3v) is 3.57. The third-order valence-electron chi connectivity index (χ3n) is 3.57. The molecule has 0 spiro atoms. The molecule has 6 nitrogen and oxygen atoms in total. The highest BCUT2D eigenvalue weighted by atomic mass is 16.4. The summed E-state index contributed by atoms with van der Waals surface area (Å²) >= 11 is 0. The summed E-state index contributed by atoms with van der Waals surface area (Å²) in [6, 6.07) is 15.2. The van der Waals surface area contributed by atoms with Crippen LogP contribution >= 0.6 is 0 Å². The molecule has 0 saturated carbocycles. The molecule has 24 heavy (non-hydrogen) atoms. The van der Waals surface area contributed by atoms with E-state index in [0.29, 0.717) is 5.56 Å². The van der Waals surface area contributed by atoms with Gasteiger partial charge in [-0.3, -0.25) is 9.59 Å². The summed E-state index contributed by atoms with van der Waals surface area (Å²) in [6.45, 7) is -0.535. The van der Waals surface area contributed by atoms with Crippen LogP contribution in [0.4, 0.5) is 0 Å². The number of aliphatic carboxylic acids is 1. The van der Waals surface area contributed by atoms with Crippen molar-refractivity contribution in [3.63, 3.8) is 0 Å². The normalized spacial score (nSPS) is 10.5. The molecule has 0 aliphatic rings. The van der Waals surface area contributed by atoms with Crippen LogP contribution in [-0.4, -0.2) is 33.6 Å². The lowest BCUT2D eigenvalue weighted by Gasteiger charge is -2.08. The van der Waals surface area contributed by atoms with Gasteiger partial charge in [0.1, 0.15) is 12.3 Å². The summed E-state index contributed by atoms with van der Waals surface area (Å²) in [7, 11) is 0. The molecule has 1 heterocycles. The Labute approximate surface area is 137 Å². The fourth-order valence-electron chi connectivity index (χ4n) is 2.39. The largest absolute Gasteiger partial charge is 0.505 e. The van der Waals surface area contributed by atoms with Crippen molar-refractivity contribution in [2.75, 3.05) is 6.54 Å². The second-order valence-electron chi connectivity index (χ2n) is 5.23. The number of aromatic hydroxyl groups is 1. The Bertz CT molecular complexity index is 937. The summed E-state index contributed by atoms with van der Waals surface area (Å²) in [5.41, 5.74) is 1.31. The second-order valence-corrected chi connectivity index (χ2v) is 5.23. The minimum atomic E-state index is -1.17. The van der Waals surface area contributed by atoms with Crippen molar-refractivity contribution in [1.82, 2.24) is 10.3 Å². The van der Waals surface area contributed by atoms with Crippen LogP contribution in [0.1, 0.15) is 10.5 Å². The van der Waals surface area contributed by atoms with E-state index in [0.717, 1.165) is 16.3 Å². The highest BCUT2D eigenvalue weighted by Crippen LogP contribution is 2.27. The molecule has 6 heteroatoms. The lowest BCUT2D eigenvalue weighted by molar-refractivity contribution is -0.135. The van der Waals surface area contributed by atoms with Gasteiger partial charge in [0.2, 0.25) is 0 Å². The maximum Gasteiger partial charge on any atom is 0.322 e. The van der Waals surface area contributed by atoms with E-state index in [1.165, 1.54) is 12.3 Å². The number of rotatable bonds is 4. The van der Waals surface area contributed by atoms with Gasteiger partial charge in [-0.05, 0) is 28.5 Å². The van der Waals surface area contributed by atoms with Crippen LogP contribution in [0.5, 0.6) is 5.75 Å². The highest BCUT2D eigenvalue weighted by molar-refractivity contribution is 5.97. The Morgan fingerprint density at radius 2 is 1.75 bits per heavy atom. The van der Waals surface area contributed by atoms with E-state index in [1.807, 2.05) is 42.5 Å². The first kappa shape index (κ1) is 15.5. The number of benzene rings is 2. The zero-order chi connectivity index (χ0) is 17.1. The van der Waals surface area contributed by atoms with E-state index >= 15 is 0 Å². The molecule has 0 unspecified atom stereocenters. The van der Waals surface area contributed by atoms with Gasteiger partial charge in [0, 0.05) is 11.8 Å². The summed E-state index contributed by atoms with van der Waals surface area (Å²) in [6.07, 6.45) is 1.47. The van der Waals surface area contributed by atoms with E-state index < -0.39 is 18.4 Å². The Balaban J connectivity index is 1.90. The molecule has 1 aromatic heterocycles. The van der Waals surface area contributed by atoms with Crippen molar-refractivity contribution in [3.8, 4) is 16.9 Å². The van der Waals surface area contributed by atoms with Crippen LogP contribution in [0.25, 0.3) is 21.9 Å². The molecular formula is C18H14N2O4. The van der Waals surface area contributed by atoms with E-state index in [-0.39, 0.29) is 11.4 Å². The molecule has 1 amide bonds. The molecule has 0 fully saturated rings. The number of nitrogens with one attached hydrogen (secondary N) is 1. The summed E-state index contributed by atoms with van der Waals surface area (Å²) in [5.74, 6) is -2.21. The van der Waals surface area contributed by atoms with Gasteiger partial charge in [-0.25, -0.2) is 4.98 Å². The minimum Gasteiger partial charge on any atom is -0.505 e. The number of aromatic nitrogens is 1. The highest BCUT2D eigenvalue weighted by Gasteiger charge is 2.15. The zero-order valence-electron chi connectivity index (χ0n) is 12.6. The van der Waals surface area contributed by atoms with Crippen molar-refractivity contribution in [2.45, 2.75) is 0 Å². The molecule has 120 valence electrons. The molecule has 2 aromatic carbocycles. The Morgan fingerprint density at radius 3 is 2.46 bits per heavy atom. The number of carboxylic acid groups (broad SMARTS) is 1. The molecule has 0 radical (unpaired) electrons. The number of hydrogen-bond acceptors (Lipinski definition) is 4. The van der Waals surface area contributed by atoms with Crippen LogP contribution < -0.4 is 5.32 Å². The number of nitrogens with zero attached hydrogens (tertiary/aromatic N) is 1. The average molecular weight is 322 g/mol. The lowest BCUT2D eigenvalue weighted by Crippen LogP contribution is -2.29. The lowest BCUT2D eigenvalue weighted by atomic mass is 10.0. The molecule has 3 aromatic rings. The number of hydrogen-bond donors (Lipinski definition) is 3. The number of fused-ring (bicyclic) bond motifs is 1. The summed E-state index contributed by atoms with van der Waals surface area (Å²) < 4.78 is 0. The number of pyridine rings is 1. The van der Waals surface area contributed by atoms with Gasteiger partial charge in [0.15, 0.2) is 5.69 Å². The van der Waals surface area contributed by atoms with Gasteiger partial charge in [0.25, 0.3) is 5.91 Å². The Morgan fingerprint density at radius 1 is 1.00 bits per heavy atom. The van der Waals surface area contributed by atoms with Crippen LogP contribution in [0.15, 0.2) is 54.7 Å². The first-order valence-electron chi connectivity index (χ1n) is 7.23. The number of carbonyl (C=O) groups excluding carboxylic acids is 1. The SMILES string of the molecule is O=C(O)CNC(=O)c1ncc(-c2ccc3ccccc3c2)cc1O. The molecule has 0 aliphatic heterocycles. The molecule has 3 N–H and O–H groups in total. The van der Waals surface area contributed by atoms with E-state index in [1.54, 1.807) is 0 Å². The monoisotopic (exact) mass is 322 g/mol. The van der Waals surface area contributed by atoms with Crippen LogP contribution in [0.3, 0.4) is 0 Å². The van der Waals surface area contributed by atoms with Gasteiger partial charge in [-0.1, -0.05) is 36.4 Å². The predicted molar refractivity (Wildman–Crippen MR) is 88.8 cm³/mol. The van der Waals surface area contributed by atoms with E-state index in [9.17, 15) is 14.7 Å². The fraction of sp³-hybridized carbons (Fsp3) is 0.0556. The number of amides is 1. The Hall–Kier alpha value is -3.41. The standard InChI is InChI=1S/C18H14N2O4/c21-15-8-14(9-19-17(15)18(24)20-10-16(22)23)13-6-5-11-3-1-2-4-12(11)7-13/h1-9,21H,10H2,(H,20,24)(H,22,23). The van der Waals surface area contributed by atoms with Crippen LogP contribution in [0.2, 0.25) is 0 Å². The van der Waals surface area contributed by atoms with Crippen molar-refractivity contribution in [1.29, 1.82) is 0 Å². The van der Waals surface area contributed by atoms with E-state index in [4.69, 9.17) is 5.11 Å². The number of carbonyl (C=O) groups is 2. The van der Waals surface area contributed by atoms with Crippen molar-refractivity contribution >= 4 is 22.6 Å². The van der Waals surface area contributed by atoms with Crippen molar-refractivity contribution in [2.24, 2.45) is 0 Å². The Kier molecular flexibility index (Phi) is 4.11. The fourth-order valence-corrected chi connectivity index (χ4v) is 2.39. The first-order chi connectivity index (χ1) is 11.5. The molecule has 0 bridgehead atoms. The topological polar surface area (TPSA) is 99.5 Å². The predicted octanol–water partition coefficient (Wildman–Crippen LogP) is 2.42. The van der Waals surface area contributed by atoms with Gasteiger partial charge in [-0.2, -0.15) is 0 Å². The quantitative estimate of drug-likeness (QED) is 0.685. The maximum atomic E-state index is 11.8. The zero-order valence-corrected chi connectivity index (χ0v) is 12.6. The minimum absolute atomic E-state index is 0.208. The molecular weight excluding hydrogens is 308 g/mol. The van der Waals surface area contributed by atoms with Crippen LogP contribution in [-0.2, 0) is 4.79 Å². The van der Waals surface area contributed by atoms with Crippen molar-refractivity contribution < 1.29 is 19.8 Å². The molecule has 0 aliphatic carbocycles. The van der Waals surface area contributed by atoms with Gasteiger partial charge in [0.05, 0.1) is 0 Å². The van der Waals surface area contributed by atoms with Crippen molar-refractivity contribution in [3.05, 3.63) is 60.4 Å². The third kappa shape index (κ3) is 3.17.